The highest BCUT2D eigenvalue weighted by Gasteiger charge is 2.20. The van der Waals surface area contributed by atoms with Crippen molar-refractivity contribution in [2.45, 2.75) is 0 Å². The zero-order valence-electron chi connectivity index (χ0n) is 17.3. The van der Waals surface area contributed by atoms with Gasteiger partial charge in [0, 0.05) is 49.2 Å². The molecule has 1 amide bonds. The molecule has 0 unspecified atom stereocenters. The molecule has 2 N–H and O–H groups in total. The van der Waals surface area contributed by atoms with Gasteiger partial charge >= 0.3 is 0 Å². The van der Waals surface area contributed by atoms with Gasteiger partial charge in [-0.05, 0) is 30.3 Å². The molecule has 11 heteroatoms. The minimum atomic E-state index is -3.63. The molecule has 0 saturated carbocycles. The smallest absolute Gasteiger partial charge is 0.251 e. The summed E-state index contributed by atoms with van der Waals surface area (Å²) in [5, 5.41) is 2.43. The number of carbonyl (C=O) groups excluding carboxylic acids is 1. The molecule has 0 spiro atoms. The number of amides is 1. The molecule has 0 aliphatic heterocycles. The van der Waals surface area contributed by atoms with E-state index in [4.69, 9.17) is 4.74 Å². The van der Waals surface area contributed by atoms with E-state index in [2.05, 4.69) is 10.0 Å². The van der Waals surface area contributed by atoms with Crippen LogP contribution >= 0.6 is 0 Å². The van der Waals surface area contributed by atoms with Crippen LogP contribution in [0.2, 0.25) is 0 Å². The number of hydrogen-bond acceptors (Lipinski definition) is 5. The van der Waals surface area contributed by atoms with Gasteiger partial charge in [-0.2, -0.15) is 0 Å². The Balaban J connectivity index is 2.26. The minimum Gasteiger partial charge on any atom is -0.454 e. The van der Waals surface area contributed by atoms with Crippen molar-refractivity contribution in [1.29, 1.82) is 0 Å². The van der Waals surface area contributed by atoms with Gasteiger partial charge in [-0.1, -0.05) is 0 Å². The first kappa shape index (κ1) is 22.9. The molecule has 1 heterocycles. The summed E-state index contributed by atoms with van der Waals surface area (Å²) < 4.78 is 60.0. The normalized spacial score (nSPS) is 11.2. The molecule has 3 rings (SSSR count). The van der Waals surface area contributed by atoms with Crippen molar-refractivity contribution in [2.75, 3.05) is 18.0 Å². The highest BCUT2D eigenvalue weighted by molar-refractivity contribution is 7.92. The standard InChI is InChI=1S/C21H19F2N3O5S/c1-24-21(28)15-10-20(27)26(2)11-16(15)14-9-13(25-32(3,29)30)5-7-18(14)31-19-6-4-12(22)8-17(19)23/h4-11,25H,1-3H3,(H,24,28). The maximum atomic E-state index is 14.2. The average Bonchev–Trinajstić information content (AvgIpc) is 2.71. The first-order valence-corrected chi connectivity index (χ1v) is 11.1. The van der Waals surface area contributed by atoms with Crippen LogP contribution in [-0.2, 0) is 17.1 Å². The Kier molecular flexibility index (Phi) is 6.30. The lowest BCUT2D eigenvalue weighted by atomic mass is 9.99. The average molecular weight is 463 g/mol. The third-order valence-corrected chi connectivity index (χ3v) is 4.99. The quantitative estimate of drug-likeness (QED) is 0.585. The molecule has 2 aromatic carbocycles. The summed E-state index contributed by atoms with van der Waals surface area (Å²) in [6.45, 7) is 0. The van der Waals surface area contributed by atoms with E-state index in [0.717, 1.165) is 24.5 Å². The van der Waals surface area contributed by atoms with Crippen molar-refractivity contribution in [1.82, 2.24) is 9.88 Å². The molecule has 8 nitrogen and oxygen atoms in total. The minimum absolute atomic E-state index is 0.00321. The number of pyridine rings is 1. The van der Waals surface area contributed by atoms with Crippen molar-refractivity contribution in [3.63, 3.8) is 0 Å². The molecular formula is C21H19F2N3O5S. The molecule has 168 valence electrons. The molecule has 0 saturated heterocycles. The molecule has 0 aliphatic carbocycles. The molecule has 0 bridgehead atoms. The van der Waals surface area contributed by atoms with Gasteiger partial charge in [-0.25, -0.2) is 17.2 Å². The van der Waals surface area contributed by atoms with Gasteiger partial charge < -0.3 is 14.6 Å². The Morgan fingerprint density at radius 2 is 1.72 bits per heavy atom. The van der Waals surface area contributed by atoms with Gasteiger partial charge in [-0.15, -0.1) is 0 Å². The predicted octanol–water partition coefficient (Wildman–Crippen LogP) is 2.85. The van der Waals surface area contributed by atoms with Gasteiger partial charge in [-0.3, -0.25) is 14.3 Å². The molecule has 32 heavy (non-hydrogen) atoms. The van der Waals surface area contributed by atoms with Crippen molar-refractivity contribution < 1.29 is 26.7 Å². The Bertz CT molecular complexity index is 1370. The van der Waals surface area contributed by atoms with Crippen molar-refractivity contribution >= 4 is 21.6 Å². The third-order valence-electron chi connectivity index (χ3n) is 4.39. The number of nitrogens with zero attached hydrogens (tertiary/aromatic N) is 1. The van der Waals surface area contributed by atoms with Crippen LogP contribution in [0.4, 0.5) is 14.5 Å². The monoisotopic (exact) mass is 463 g/mol. The number of halogens is 2. The SMILES string of the molecule is CNC(=O)c1cc(=O)n(C)cc1-c1cc(NS(C)(=O)=O)ccc1Oc1ccc(F)cc1F. The van der Waals surface area contributed by atoms with E-state index in [1.54, 1.807) is 0 Å². The van der Waals surface area contributed by atoms with Crippen LogP contribution in [0.1, 0.15) is 10.4 Å². The second-order valence-corrected chi connectivity index (χ2v) is 8.64. The second-order valence-electron chi connectivity index (χ2n) is 6.89. The summed E-state index contributed by atoms with van der Waals surface area (Å²) >= 11 is 0. The Morgan fingerprint density at radius 1 is 1.03 bits per heavy atom. The van der Waals surface area contributed by atoms with Crippen LogP contribution in [0.15, 0.2) is 53.5 Å². The molecule has 0 fully saturated rings. The zero-order chi connectivity index (χ0) is 23.6. The van der Waals surface area contributed by atoms with Crippen molar-refractivity contribution in [2.24, 2.45) is 7.05 Å². The van der Waals surface area contributed by atoms with E-state index >= 15 is 0 Å². The van der Waals surface area contributed by atoms with Gasteiger partial charge in [0.25, 0.3) is 11.5 Å². The number of anilines is 1. The fraction of sp³-hybridized carbons (Fsp3) is 0.143. The number of benzene rings is 2. The summed E-state index contributed by atoms with van der Waals surface area (Å²) in [4.78, 5) is 24.6. The van der Waals surface area contributed by atoms with Crippen LogP contribution in [0.25, 0.3) is 11.1 Å². The summed E-state index contributed by atoms with van der Waals surface area (Å²) in [5.74, 6) is -2.57. The number of ether oxygens (including phenoxy) is 1. The lowest BCUT2D eigenvalue weighted by molar-refractivity contribution is 0.0963. The van der Waals surface area contributed by atoms with Crippen LogP contribution in [0, 0.1) is 11.6 Å². The molecular weight excluding hydrogens is 444 g/mol. The maximum absolute atomic E-state index is 14.2. The Hall–Kier alpha value is -3.73. The summed E-state index contributed by atoms with van der Waals surface area (Å²) in [7, 11) is -0.776. The highest BCUT2D eigenvalue weighted by Crippen LogP contribution is 2.38. The van der Waals surface area contributed by atoms with Crippen LogP contribution in [-0.4, -0.2) is 32.2 Å². The molecule has 3 aromatic rings. The van der Waals surface area contributed by atoms with Gasteiger partial charge in [0.1, 0.15) is 11.6 Å². The topological polar surface area (TPSA) is 107 Å². The highest BCUT2D eigenvalue weighted by atomic mass is 32.2. The fourth-order valence-corrected chi connectivity index (χ4v) is 3.51. The Labute approximate surface area is 182 Å². The van der Waals surface area contributed by atoms with E-state index in [0.29, 0.717) is 6.07 Å². The fourth-order valence-electron chi connectivity index (χ4n) is 2.95. The third kappa shape index (κ3) is 5.11. The van der Waals surface area contributed by atoms with E-state index < -0.39 is 33.1 Å². The number of aryl methyl sites for hydroxylation is 1. The predicted molar refractivity (Wildman–Crippen MR) is 115 cm³/mol. The number of aromatic nitrogens is 1. The maximum Gasteiger partial charge on any atom is 0.251 e. The lowest BCUT2D eigenvalue weighted by Gasteiger charge is -2.17. The van der Waals surface area contributed by atoms with Crippen LogP contribution < -0.4 is 20.3 Å². The van der Waals surface area contributed by atoms with Crippen LogP contribution in [0.5, 0.6) is 11.5 Å². The van der Waals surface area contributed by atoms with E-state index in [9.17, 15) is 26.8 Å². The molecule has 0 radical (unpaired) electrons. The Morgan fingerprint density at radius 3 is 2.34 bits per heavy atom. The van der Waals surface area contributed by atoms with Crippen molar-refractivity contribution in [3.8, 4) is 22.6 Å². The molecule has 0 aliphatic rings. The number of sulfonamides is 1. The number of carbonyl (C=O) groups is 1. The second kappa shape index (κ2) is 8.79. The first-order valence-electron chi connectivity index (χ1n) is 9.16. The van der Waals surface area contributed by atoms with E-state index in [-0.39, 0.29) is 33.9 Å². The number of rotatable bonds is 6. The lowest BCUT2D eigenvalue weighted by Crippen LogP contribution is -2.24. The molecule has 1 aromatic heterocycles. The van der Waals surface area contributed by atoms with Gasteiger partial charge in [0.2, 0.25) is 10.0 Å². The number of hydrogen-bond donors (Lipinski definition) is 2. The summed E-state index contributed by atoms with van der Waals surface area (Å²) in [6, 6.07) is 8.00. The van der Waals surface area contributed by atoms with Gasteiger partial charge in [0.15, 0.2) is 11.6 Å². The first-order chi connectivity index (χ1) is 15.0. The zero-order valence-corrected chi connectivity index (χ0v) is 18.1. The largest absolute Gasteiger partial charge is 0.454 e. The number of nitrogens with one attached hydrogen (secondary N) is 2. The molecule has 0 atom stereocenters. The van der Waals surface area contributed by atoms with Crippen molar-refractivity contribution in [3.05, 3.63) is 76.2 Å². The van der Waals surface area contributed by atoms with E-state index in [1.807, 2.05) is 0 Å². The summed E-state index contributed by atoms with van der Waals surface area (Å²) in [6.07, 6.45) is 2.34. The summed E-state index contributed by atoms with van der Waals surface area (Å²) in [5.41, 5.74) is 0.102. The van der Waals surface area contributed by atoms with Gasteiger partial charge in [0.05, 0.1) is 11.8 Å². The van der Waals surface area contributed by atoms with E-state index in [1.165, 1.54) is 43.1 Å². The van der Waals surface area contributed by atoms with Crippen LogP contribution in [0.3, 0.4) is 0 Å².